The predicted octanol–water partition coefficient (Wildman–Crippen LogP) is 3.13. The van der Waals surface area contributed by atoms with Gasteiger partial charge in [0.25, 0.3) is 11.6 Å². The highest BCUT2D eigenvalue weighted by Gasteiger charge is 2.29. The first-order chi connectivity index (χ1) is 11.2. The Morgan fingerprint density at radius 2 is 1.79 bits per heavy atom. The van der Waals surface area contributed by atoms with Crippen LogP contribution in [0.15, 0.2) is 42.5 Å². The Morgan fingerprint density at radius 3 is 2.33 bits per heavy atom. The van der Waals surface area contributed by atoms with Crippen LogP contribution in [0.3, 0.4) is 0 Å². The van der Waals surface area contributed by atoms with Crippen molar-refractivity contribution < 1.29 is 22.9 Å². The number of nitrogens with zero attached hydrogens (tertiary/aromatic N) is 1. The van der Waals surface area contributed by atoms with Gasteiger partial charge >= 0.3 is 6.18 Å². The Balaban J connectivity index is 2.06. The number of alkyl halides is 3. The normalized spacial score (nSPS) is 11.1. The lowest BCUT2D eigenvalue weighted by Crippen LogP contribution is -2.23. The molecule has 0 bridgehead atoms. The zero-order valence-corrected chi connectivity index (χ0v) is 12.1. The number of nitro groups is 1. The van der Waals surface area contributed by atoms with Gasteiger partial charge in [-0.2, -0.15) is 13.2 Å². The fourth-order valence-corrected chi connectivity index (χ4v) is 1.94. The van der Waals surface area contributed by atoms with E-state index >= 15 is 0 Å². The van der Waals surface area contributed by atoms with Crippen LogP contribution in [0.4, 0.5) is 24.5 Å². The second-order valence-corrected chi connectivity index (χ2v) is 4.91. The van der Waals surface area contributed by atoms with Gasteiger partial charge in [-0.3, -0.25) is 14.9 Å². The van der Waals surface area contributed by atoms with E-state index in [0.29, 0.717) is 5.56 Å². The zero-order valence-electron chi connectivity index (χ0n) is 12.1. The van der Waals surface area contributed by atoms with E-state index < -0.39 is 28.3 Å². The topological polar surface area (TPSA) is 98.3 Å². The van der Waals surface area contributed by atoms with Gasteiger partial charge in [-0.25, -0.2) is 0 Å². The fraction of sp³-hybridized carbons (Fsp3) is 0.133. The summed E-state index contributed by atoms with van der Waals surface area (Å²) >= 11 is 0. The summed E-state index contributed by atoms with van der Waals surface area (Å²) in [6.07, 6.45) is -4.43. The molecule has 3 N–H and O–H groups in total. The van der Waals surface area contributed by atoms with Gasteiger partial charge in [0.05, 0.1) is 10.5 Å². The van der Waals surface area contributed by atoms with Crippen molar-refractivity contribution in [2.24, 2.45) is 0 Å². The first-order valence-corrected chi connectivity index (χ1v) is 6.67. The van der Waals surface area contributed by atoms with Crippen LogP contribution in [0.2, 0.25) is 0 Å². The maximum Gasteiger partial charge on any atom is 0.416 e. The molecular weight excluding hydrogens is 327 g/mol. The summed E-state index contributed by atoms with van der Waals surface area (Å²) in [6.45, 7) is -0.0187. The molecule has 0 saturated heterocycles. The number of halogens is 3. The van der Waals surface area contributed by atoms with Gasteiger partial charge in [-0.1, -0.05) is 12.1 Å². The van der Waals surface area contributed by atoms with Crippen molar-refractivity contribution in [1.29, 1.82) is 0 Å². The minimum atomic E-state index is -4.43. The first kappa shape index (κ1) is 17.3. The van der Waals surface area contributed by atoms with E-state index in [0.717, 1.165) is 18.2 Å². The highest BCUT2D eigenvalue weighted by molar-refractivity contribution is 5.95. The minimum absolute atomic E-state index is 0.0187. The molecule has 2 aromatic rings. The third kappa shape index (κ3) is 4.00. The van der Waals surface area contributed by atoms with Crippen LogP contribution < -0.4 is 11.1 Å². The van der Waals surface area contributed by atoms with Crippen LogP contribution in [0.25, 0.3) is 0 Å². The molecule has 0 fully saturated rings. The van der Waals surface area contributed by atoms with Gasteiger partial charge in [0.2, 0.25) is 0 Å². The van der Waals surface area contributed by atoms with E-state index in [4.69, 9.17) is 5.73 Å². The SMILES string of the molecule is Nc1ccc(C(=O)NCc2ccc(C(F)(F)F)cc2)cc1[N+](=O)[O-]. The van der Waals surface area contributed by atoms with Gasteiger partial charge in [0.1, 0.15) is 5.69 Å². The van der Waals surface area contributed by atoms with Crippen LogP contribution in [0.5, 0.6) is 0 Å². The molecule has 126 valence electrons. The van der Waals surface area contributed by atoms with Gasteiger partial charge in [-0.05, 0) is 29.8 Å². The third-order valence-corrected chi connectivity index (χ3v) is 3.22. The molecule has 0 heterocycles. The highest BCUT2D eigenvalue weighted by atomic mass is 19.4. The second-order valence-electron chi connectivity index (χ2n) is 4.91. The van der Waals surface area contributed by atoms with Crippen LogP contribution >= 0.6 is 0 Å². The molecule has 0 atom stereocenters. The van der Waals surface area contributed by atoms with Gasteiger partial charge in [0, 0.05) is 18.2 Å². The van der Waals surface area contributed by atoms with Crippen molar-refractivity contribution in [1.82, 2.24) is 5.32 Å². The molecule has 9 heteroatoms. The standard InChI is InChI=1S/C15H12F3N3O3/c16-15(17,18)11-4-1-9(2-5-11)8-20-14(22)10-3-6-12(19)13(7-10)21(23)24/h1-7H,8,19H2,(H,20,22). The average Bonchev–Trinajstić information content (AvgIpc) is 2.52. The minimum Gasteiger partial charge on any atom is -0.393 e. The van der Waals surface area contributed by atoms with E-state index in [2.05, 4.69) is 5.32 Å². The number of rotatable bonds is 4. The molecule has 2 aromatic carbocycles. The van der Waals surface area contributed by atoms with Gasteiger partial charge in [0.15, 0.2) is 0 Å². The smallest absolute Gasteiger partial charge is 0.393 e. The summed E-state index contributed by atoms with van der Waals surface area (Å²) in [7, 11) is 0. The maximum absolute atomic E-state index is 12.5. The van der Waals surface area contributed by atoms with Crippen molar-refractivity contribution in [2.45, 2.75) is 12.7 Å². The van der Waals surface area contributed by atoms with Crippen molar-refractivity contribution in [2.75, 3.05) is 5.73 Å². The molecule has 0 aliphatic heterocycles. The summed E-state index contributed by atoms with van der Waals surface area (Å²) in [4.78, 5) is 22.1. The number of nitrogen functional groups attached to an aromatic ring is 1. The van der Waals surface area contributed by atoms with Crippen molar-refractivity contribution >= 4 is 17.3 Å². The number of hydrogen-bond acceptors (Lipinski definition) is 4. The largest absolute Gasteiger partial charge is 0.416 e. The van der Waals surface area contributed by atoms with Crippen molar-refractivity contribution in [3.63, 3.8) is 0 Å². The van der Waals surface area contributed by atoms with Crippen molar-refractivity contribution in [3.8, 4) is 0 Å². The quantitative estimate of drug-likeness (QED) is 0.508. The number of carbonyl (C=O) groups excluding carboxylic acids is 1. The Kier molecular flexibility index (Phi) is 4.72. The van der Waals surface area contributed by atoms with Gasteiger partial charge < -0.3 is 11.1 Å². The molecule has 24 heavy (non-hydrogen) atoms. The number of benzene rings is 2. The number of hydrogen-bond donors (Lipinski definition) is 2. The molecule has 6 nitrogen and oxygen atoms in total. The van der Waals surface area contributed by atoms with Crippen LogP contribution in [0, 0.1) is 10.1 Å². The lowest BCUT2D eigenvalue weighted by molar-refractivity contribution is -0.383. The number of nitrogens with two attached hydrogens (primary N) is 1. The molecule has 0 spiro atoms. The van der Waals surface area contributed by atoms with E-state index in [1.165, 1.54) is 24.3 Å². The Morgan fingerprint density at radius 1 is 1.17 bits per heavy atom. The summed E-state index contributed by atoms with van der Waals surface area (Å²) in [6, 6.07) is 7.92. The summed E-state index contributed by atoms with van der Waals surface area (Å²) in [5.41, 5.74) is 4.68. The second kappa shape index (κ2) is 6.57. The van der Waals surface area contributed by atoms with Crippen LogP contribution in [-0.4, -0.2) is 10.8 Å². The van der Waals surface area contributed by atoms with E-state index in [1.54, 1.807) is 0 Å². The summed E-state index contributed by atoms with van der Waals surface area (Å²) < 4.78 is 37.4. The highest BCUT2D eigenvalue weighted by Crippen LogP contribution is 2.29. The molecular formula is C15H12F3N3O3. The number of nitrogens with one attached hydrogen (secondary N) is 1. The molecule has 0 aliphatic rings. The number of amides is 1. The molecule has 1 amide bonds. The lowest BCUT2D eigenvalue weighted by Gasteiger charge is -2.09. The molecule has 0 aliphatic carbocycles. The van der Waals surface area contributed by atoms with Crippen molar-refractivity contribution in [3.05, 3.63) is 69.3 Å². The molecule has 2 rings (SSSR count). The lowest BCUT2D eigenvalue weighted by atomic mass is 10.1. The summed E-state index contributed by atoms with van der Waals surface area (Å²) in [5.74, 6) is -0.599. The van der Waals surface area contributed by atoms with E-state index in [9.17, 15) is 28.1 Å². The van der Waals surface area contributed by atoms with Crippen LogP contribution in [0.1, 0.15) is 21.5 Å². The molecule has 0 unspecified atom stereocenters. The van der Waals surface area contributed by atoms with E-state index in [1.807, 2.05) is 0 Å². The third-order valence-electron chi connectivity index (χ3n) is 3.22. The molecule has 0 saturated carbocycles. The number of anilines is 1. The Bertz CT molecular complexity index is 774. The maximum atomic E-state index is 12.5. The molecule has 0 radical (unpaired) electrons. The zero-order chi connectivity index (χ0) is 17.9. The summed E-state index contributed by atoms with van der Waals surface area (Å²) in [5, 5.41) is 13.3. The average molecular weight is 339 g/mol. The van der Waals surface area contributed by atoms with Gasteiger partial charge in [-0.15, -0.1) is 0 Å². The monoisotopic (exact) mass is 339 g/mol. The Hall–Kier alpha value is -3.10. The molecule has 0 aromatic heterocycles. The number of nitro benzene ring substituents is 1. The predicted molar refractivity (Wildman–Crippen MR) is 80.1 cm³/mol. The van der Waals surface area contributed by atoms with Crippen LogP contribution in [-0.2, 0) is 12.7 Å². The first-order valence-electron chi connectivity index (χ1n) is 6.67. The fourth-order valence-electron chi connectivity index (χ4n) is 1.94. The number of carbonyl (C=O) groups is 1. The Labute approximate surface area is 134 Å². The van der Waals surface area contributed by atoms with E-state index in [-0.39, 0.29) is 17.8 Å².